The molecule has 0 bridgehead atoms. The summed E-state index contributed by atoms with van der Waals surface area (Å²) in [6.45, 7) is 4.67. The van der Waals surface area contributed by atoms with Crippen LogP contribution in [0, 0.1) is 5.92 Å². The molecule has 0 aliphatic rings. The molecule has 1 rings (SSSR count). The van der Waals surface area contributed by atoms with Crippen molar-refractivity contribution >= 4 is 5.78 Å². The van der Waals surface area contributed by atoms with E-state index in [1.54, 1.807) is 0 Å². The first-order chi connectivity index (χ1) is 14.0. The zero-order chi connectivity index (χ0) is 21.3. The van der Waals surface area contributed by atoms with Crippen LogP contribution in [0.5, 0.6) is 5.75 Å². The molecule has 0 aromatic carbocycles. The van der Waals surface area contributed by atoms with Gasteiger partial charge in [0.05, 0.1) is 12.5 Å². The molecular formula is C25H42O4. The maximum Gasteiger partial charge on any atom is 0.339 e. The molecule has 1 heterocycles. The molecule has 1 aromatic heterocycles. The van der Waals surface area contributed by atoms with Crippen LogP contribution in [0.3, 0.4) is 0 Å². The summed E-state index contributed by atoms with van der Waals surface area (Å²) in [4.78, 5) is 23.1. The topological polar surface area (TPSA) is 67.5 Å². The van der Waals surface area contributed by atoms with Crippen molar-refractivity contribution in [2.24, 2.45) is 5.92 Å². The third kappa shape index (κ3) is 14.1. The fraction of sp³-hybridized carbons (Fsp3) is 0.760. The van der Waals surface area contributed by atoms with E-state index in [1.807, 2.05) is 0 Å². The van der Waals surface area contributed by atoms with Crippen LogP contribution in [0.4, 0.5) is 0 Å². The molecule has 0 aliphatic heterocycles. The molecule has 0 amide bonds. The zero-order valence-electron chi connectivity index (χ0n) is 18.7. The second-order valence-electron chi connectivity index (χ2n) is 8.64. The highest BCUT2D eigenvalue weighted by molar-refractivity contribution is 5.80. The zero-order valence-corrected chi connectivity index (χ0v) is 18.7. The second-order valence-corrected chi connectivity index (χ2v) is 8.64. The summed E-state index contributed by atoms with van der Waals surface area (Å²) in [7, 11) is 0. The molecule has 1 unspecified atom stereocenters. The SMILES string of the molecule is CCCCCCC(C)CCCCCCCCCCC(=O)Cc1cc(O)cc(=O)o1. The third-order valence-electron chi connectivity index (χ3n) is 5.63. The minimum Gasteiger partial charge on any atom is -0.508 e. The van der Waals surface area contributed by atoms with E-state index in [0.29, 0.717) is 6.42 Å². The van der Waals surface area contributed by atoms with E-state index in [1.165, 1.54) is 83.1 Å². The molecule has 0 fully saturated rings. The third-order valence-corrected chi connectivity index (χ3v) is 5.63. The monoisotopic (exact) mass is 406 g/mol. The Balaban J connectivity index is 1.92. The van der Waals surface area contributed by atoms with Crippen molar-refractivity contribution in [2.45, 2.75) is 117 Å². The predicted octanol–water partition coefficient (Wildman–Crippen LogP) is 6.96. The van der Waals surface area contributed by atoms with Gasteiger partial charge >= 0.3 is 5.63 Å². The number of hydrogen-bond acceptors (Lipinski definition) is 4. The molecule has 29 heavy (non-hydrogen) atoms. The van der Waals surface area contributed by atoms with Crippen LogP contribution in [-0.4, -0.2) is 10.9 Å². The summed E-state index contributed by atoms with van der Waals surface area (Å²) < 4.78 is 4.93. The van der Waals surface area contributed by atoms with Crippen LogP contribution in [-0.2, 0) is 11.2 Å². The largest absolute Gasteiger partial charge is 0.508 e. The van der Waals surface area contributed by atoms with E-state index in [0.717, 1.165) is 24.8 Å². The van der Waals surface area contributed by atoms with Crippen LogP contribution in [0.15, 0.2) is 21.3 Å². The Morgan fingerprint density at radius 2 is 1.45 bits per heavy atom. The molecule has 4 nitrogen and oxygen atoms in total. The van der Waals surface area contributed by atoms with Crippen molar-refractivity contribution in [1.82, 2.24) is 0 Å². The molecule has 4 heteroatoms. The van der Waals surface area contributed by atoms with Gasteiger partial charge in [0.2, 0.25) is 0 Å². The summed E-state index contributed by atoms with van der Waals surface area (Å²) in [5, 5.41) is 9.37. The summed E-state index contributed by atoms with van der Waals surface area (Å²) in [6.07, 6.45) is 18.6. The van der Waals surface area contributed by atoms with Gasteiger partial charge < -0.3 is 9.52 Å². The second kappa shape index (κ2) is 16.2. The first-order valence-corrected chi connectivity index (χ1v) is 11.9. The number of aromatic hydroxyl groups is 1. The lowest BCUT2D eigenvalue weighted by Gasteiger charge is -2.10. The van der Waals surface area contributed by atoms with Crippen LogP contribution < -0.4 is 5.63 Å². The minimum atomic E-state index is -0.616. The van der Waals surface area contributed by atoms with Crippen LogP contribution in [0.1, 0.15) is 116 Å². The standard InChI is InChI=1S/C25H42O4/c1-3-4-5-12-15-21(2)16-13-10-8-6-7-9-11-14-17-22(26)18-24-19-23(27)20-25(28)29-24/h19-21,27H,3-18H2,1-2H3. The summed E-state index contributed by atoms with van der Waals surface area (Å²) in [6, 6.07) is 2.34. The van der Waals surface area contributed by atoms with Crippen LogP contribution in [0.2, 0.25) is 0 Å². The number of ketones is 1. The van der Waals surface area contributed by atoms with E-state index in [-0.39, 0.29) is 23.7 Å². The van der Waals surface area contributed by atoms with Crippen molar-refractivity contribution < 1.29 is 14.3 Å². The quantitative estimate of drug-likeness (QED) is 0.267. The molecule has 1 atom stereocenters. The van der Waals surface area contributed by atoms with E-state index in [4.69, 9.17) is 4.42 Å². The van der Waals surface area contributed by atoms with Gasteiger partial charge in [0, 0.05) is 12.5 Å². The van der Waals surface area contributed by atoms with Gasteiger partial charge in [0.1, 0.15) is 17.3 Å². The van der Waals surface area contributed by atoms with Gasteiger partial charge in [0.25, 0.3) is 0 Å². The number of carbonyl (C=O) groups is 1. The summed E-state index contributed by atoms with van der Waals surface area (Å²) >= 11 is 0. The highest BCUT2D eigenvalue weighted by atomic mass is 16.4. The molecule has 0 saturated heterocycles. The number of rotatable bonds is 18. The Morgan fingerprint density at radius 3 is 2.03 bits per heavy atom. The predicted molar refractivity (Wildman–Crippen MR) is 119 cm³/mol. The van der Waals surface area contributed by atoms with E-state index >= 15 is 0 Å². The van der Waals surface area contributed by atoms with Crippen molar-refractivity contribution in [2.75, 3.05) is 0 Å². The highest BCUT2D eigenvalue weighted by Gasteiger charge is 2.08. The van der Waals surface area contributed by atoms with Gasteiger partial charge in [-0.2, -0.15) is 0 Å². The Bertz CT molecular complexity index is 605. The van der Waals surface area contributed by atoms with E-state index in [2.05, 4.69) is 13.8 Å². The van der Waals surface area contributed by atoms with Crippen molar-refractivity contribution in [3.63, 3.8) is 0 Å². The Labute approximate surface area is 177 Å². The normalized spacial score (nSPS) is 12.2. The molecule has 0 saturated carbocycles. The fourth-order valence-electron chi connectivity index (χ4n) is 3.82. The smallest absolute Gasteiger partial charge is 0.339 e. The van der Waals surface area contributed by atoms with Gasteiger partial charge in [-0.15, -0.1) is 0 Å². The van der Waals surface area contributed by atoms with Gasteiger partial charge in [-0.1, -0.05) is 97.3 Å². The van der Waals surface area contributed by atoms with E-state index in [9.17, 15) is 14.7 Å². The molecular weight excluding hydrogens is 364 g/mol. The molecule has 0 aliphatic carbocycles. The van der Waals surface area contributed by atoms with Gasteiger partial charge in [-0.25, -0.2) is 4.79 Å². The molecule has 0 radical (unpaired) electrons. The average Bonchev–Trinajstić information content (AvgIpc) is 2.66. The number of unbranched alkanes of at least 4 members (excludes halogenated alkanes) is 10. The minimum absolute atomic E-state index is 0.0579. The fourth-order valence-corrected chi connectivity index (χ4v) is 3.82. The van der Waals surface area contributed by atoms with Crippen molar-refractivity contribution in [3.05, 3.63) is 28.3 Å². The molecule has 166 valence electrons. The first-order valence-electron chi connectivity index (χ1n) is 11.9. The lowest BCUT2D eigenvalue weighted by atomic mass is 9.96. The number of Topliss-reactive ketones (excluding diaryl/α,β-unsaturated/α-hetero) is 1. The summed E-state index contributed by atoms with van der Waals surface area (Å²) in [5.74, 6) is 1.04. The summed E-state index contributed by atoms with van der Waals surface area (Å²) in [5.41, 5.74) is -0.616. The molecule has 0 spiro atoms. The average molecular weight is 407 g/mol. The lowest BCUT2D eigenvalue weighted by molar-refractivity contribution is -0.118. The molecule has 1 N–H and O–H groups in total. The Hall–Kier alpha value is -1.58. The number of hydrogen-bond donors (Lipinski definition) is 1. The van der Waals surface area contributed by atoms with Gasteiger partial charge in [-0.3, -0.25) is 4.79 Å². The van der Waals surface area contributed by atoms with Crippen LogP contribution in [0.25, 0.3) is 0 Å². The van der Waals surface area contributed by atoms with Gasteiger partial charge in [-0.05, 0) is 12.3 Å². The lowest BCUT2D eigenvalue weighted by Crippen LogP contribution is -2.06. The first kappa shape index (κ1) is 25.5. The van der Waals surface area contributed by atoms with Crippen molar-refractivity contribution in [1.29, 1.82) is 0 Å². The highest BCUT2D eigenvalue weighted by Crippen LogP contribution is 2.18. The maximum absolute atomic E-state index is 12.0. The molecule has 1 aromatic rings. The maximum atomic E-state index is 12.0. The van der Waals surface area contributed by atoms with E-state index < -0.39 is 5.63 Å². The Kier molecular flexibility index (Phi) is 14.3. The Morgan fingerprint density at radius 1 is 0.897 bits per heavy atom. The van der Waals surface area contributed by atoms with Gasteiger partial charge in [0.15, 0.2) is 0 Å². The number of carbonyl (C=O) groups excluding carboxylic acids is 1. The van der Waals surface area contributed by atoms with Crippen LogP contribution >= 0.6 is 0 Å². The van der Waals surface area contributed by atoms with Crippen molar-refractivity contribution in [3.8, 4) is 5.75 Å².